The maximum Gasteiger partial charge on any atom is 0.246 e. The fraction of sp³-hybridized carbons (Fsp3) is 0.857. The number of hydrogen-bond acceptors (Lipinski definition) is 2. The van der Waals surface area contributed by atoms with Crippen molar-refractivity contribution in [2.45, 2.75) is 32.8 Å². The molecule has 3 radical (unpaired) electrons. The maximum atomic E-state index is 10.3. The summed E-state index contributed by atoms with van der Waals surface area (Å²) in [6, 6.07) is 0. The van der Waals surface area contributed by atoms with Crippen molar-refractivity contribution in [3.05, 3.63) is 0 Å². The zero-order valence-electron chi connectivity index (χ0n) is 6.46. The van der Waals surface area contributed by atoms with E-state index in [1.165, 1.54) is 0 Å². The van der Waals surface area contributed by atoms with E-state index in [2.05, 4.69) is 17.4 Å². The van der Waals surface area contributed by atoms with Crippen molar-refractivity contribution in [2.24, 2.45) is 5.92 Å². The molecule has 2 nitrogen and oxygen atoms in total. The summed E-state index contributed by atoms with van der Waals surface area (Å²) in [5.41, 5.74) is 0. The number of aldehydes is 1. The fourth-order valence-corrected chi connectivity index (χ4v) is 1.13. The van der Waals surface area contributed by atoms with Gasteiger partial charge in [-0.3, -0.25) is 0 Å². The van der Waals surface area contributed by atoms with E-state index >= 15 is 0 Å². The van der Waals surface area contributed by atoms with E-state index in [0.29, 0.717) is 0 Å². The number of carbonyl (C=O) groups excluding carboxylic acids is 1. The van der Waals surface area contributed by atoms with Gasteiger partial charge in [-0.1, -0.05) is 20.3 Å². The van der Waals surface area contributed by atoms with Crippen molar-refractivity contribution in [1.82, 2.24) is 0 Å². The molecule has 0 saturated heterocycles. The lowest BCUT2D eigenvalue weighted by atomic mass is 10.0. The summed E-state index contributed by atoms with van der Waals surface area (Å²) in [5.74, 6) is -0.0163. The molecule has 0 aliphatic heterocycles. The summed E-state index contributed by atoms with van der Waals surface area (Å²) >= 11 is 0. The second kappa shape index (κ2) is 5.62. The lowest BCUT2D eigenvalue weighted by Crippen LogP contribution is -2.21. The Bertz CT molecular complexity index is 95.6. The van der Waals surface area contributed by atoms with Gasteiger partial charge in [-0.05, 0) is 6.42 Å². The minimum Gasteiger partial charge on any atom is -0.415 e. The summed E-state index contributed by atoms with van der Waals surface area (Å²) < 4.78 is 4.92. The number of rotatable bonds is 5. The van der Waals surface area contributed by atoms with Crippen molar-refractivity contribution in [3.63, 3.8) is 0 Å². The molecule has 0 bridgehead atoms. The van der Waals surface area contributed by atoms with Gasteiger partial charge in [-0.25, -0.2) is 0 Å². The first-order valence-corrected chi connectivity index (χ1v) is 3.94. The highest BCUT2D eigenvalue weighted by Crippen LogP contribution is 2.09. The van der Waals surface area contributed by atoms with Crippen molar-refractivity contribution < 1.29 is 9.22 Å². The van der Waals surface area contributed by atoms with Gasteiger partial charge in [0.25, 0.3) is 0 Å². The monoisotopic (exact) mass is 157 g/mol. The molecule has 0 fully saturated rings. The highest BCUT2D eigenvalue weighted by atomic mass is 28.2. The highest BCUT2D eigenvalue weighted by Gasteiger charge is 2.13. The third kappa shape index (κ3) is 3.13. The molecule has 0 aromatic heterocycles. The fourth-order valence-electron chi connectivity index (χ4n) is 0.801. The van der Waals surface area contributed by atoms with Crippen molar-refractivity contribution >= 4 is 16.8 Å². The molecule has 0 aliphatic carbocycles. The topological polar surface area (TPSA) is 26.3 Å². The Kier molecular flexibility index (Phi) is 5.53. The van der Waals surface area contributed by atoms with Gasteiger partial charge in [0.05, 0.1) is 6.10 Å². The Morgan fingerprint density at radius 1 is 1.70 bits per heavy atom. The van der Waals surface area contributed by atoms with Crippen molar-refractivity contribution in [2.75, 3.05) is 0 Å². The number of hydrogen-bond donors (Lipinski definition) is 0. The van der Waals surface area contributed by atoms with Crippen LogP contribution < -0.4 is 0 Å². The lowest BCUT2D eigenvalue weighted by Gasteiger charge is -2.16. The van der Waals surface area contributed by atoms with Crippen LogP contribution in [0.4, 0.5) is 0 Å². The minimum atomic E-state index is -0.0163. The first-order chi connectivity index (χ1) is 4.76. The van der Waals surface area contributed by atoms with E-state index in [0.717, 1.165) is 19.1 Å². The molecule has 0 spiro atoms. The Morgan fingerprint density at radius 3 is 2.60 bits per heavy atom. The second-order valence-corrected chi connectivity index (χ2v) is 2.68. The van der Waals surface area contributed by atoms with E-state index in [1.54, 1.807) is 0 Å². The first-order valence-electron chi connectivity index (χ1n) is 3.53. The van der Waals surface area contributed by atoms with Crippen LogP contribution in [-0.4, -0.2) is 22.9 Å². The van der Waals surface area contributed by atoms with E-state index in [9.17, 15) is 4.79 Å². The molecule has 0 rings (SSSR count). The molecule has 0 unspecified atom stereocenters. The Labute approximate surface area is 65.5 Å². The molecule has 0 saturated carbocycles. The van der Waals surface area contributed by atoms with Gasteiger partial charge in [-0.15, -0.1) is 0 Å². The van der Waals surface area contributed by atoms with Crippen LogP contribution >= 0.6 is 0 Å². The van der Waals surface area contributed by atoms with Crippen LogP contribution in [0.15, 0.2) is 0 Å². The van der Waals surface area contributed by atoms with E-state index in [4.69, 9.17) is 4.43 Å². The van der Waals surface area contributed by atoms with Gasteiger partial charge in [0.1, 0.15) is 6.29 Å². The SMILES string of the molecule is CCC[C@H](O[Si])[C@H](C)C=O. The molecule has 0 aliphatic rings. The Hall–Kier alpha value is -0.153. The van der Waals surface area contributed by atoms with Gasteiger partial charge >= 0.3 is 0 Å². The molecule has 0 aromatic rings. The van der Waals surface area contributed by atoms with E-state index < -0.39 is 0 Å². The van der Waals surface area contributed by atoms with Gasteiger partial charge < -0.3 is 9.22 Å². The quantitative estimate of drug-likeness (QED) is 0.441. The standard InChI is InChI=1S/C7H13O2Si/c1-3-4-7(9-10)6(2)5-8/h5-7H,3-4H2,1-2H3/t6-,7+/m1/s1. The number of carbonyl (C=O) groups is 1. The molecule has 57 valence electrons. The van der Waals surface area contributed by atoms with Crippen LogP contribution in [0.2, 0.25) is 0 Å². The molecule has 0 heterocycles. The summed E-state index contributed by atoms with van der Waals surface area (Å²) in [4.78, 5) is 10.3. The van der Waals surface area contributed by atoms with Crippen LogP contribution in [0.1, 0.15) is 26.7 Å². The average Bonchev–Trinajstić information content (AvgIpc) is 1.99. The molecule has 2 atom stereocenters. The molecular formula is C7H13O2Si. The zero-order valence-corrected chi connectivity index (χ0v) is 7.46. The first kappa shape index (κ1) is 9.85. The van der Waals surface area contributed by atoms with Crippen LogP contribution in [0.3, 0.4) is 0 Å². The highest BCUT2D eigenvalue weighted by molar-refractivity contribution is 5.98. The average molecular weight is 157 g/mol. The molecule has 0 aromatic carbocycles. The second-order valence-electron chi connectivity index (χ2n) is 2.44. The van der Waals surface area contributed by atoms with E-state index in [-0.39, 0.29) is 12.0 Å². The smallest absolute Gasteiger partial charge is 0.246 e. The van der Waals surface area contributed by atoms with E-state index in [1.807, 2.05) is 6.92 Å². The predicted octanol–water partition coefficient (Wildman–Crippen LogP) is 1.09. The maximum absolute atomic E-state index is 10.3. The van der Waals surface area contributed by atoms with Gasteiger partial charge in [-0.2, -0.15) is 0 Å². The Morgan fingerprint density at radius 2 is 2.30 bits per heavy atom. The summed E-state index contributed by atoms with van der Waals surface area (Å²) in [6.45, 7) is 3.92. The van der Waals surface area contributed by atoms with Gasteiger partial charge in [0.2, 0.25) is 10.5 Å². The third-order valence-electron chi connectivity index (χ3n) is 1.53. The Balaban J connectivity index is 3.67. The lowest BCUT2D eigenvalue weighted by molar-refractivity contribution is -0.113. The summed E-state index contributed by atoms with van der Waals surface area (Å²) in [5, 5.41) is 0. The van der Waals surface area contributed by atoms with Crippen LogP contribution in [0.5, 0.6) is 0 Å². The zero-order chi connectivity index (χ0) is 7.98. The van der Waals surface area contributed by atoms with Crippen LogP contribution in [0, 0.1) is 5.92 Å². The molecular weight excluding hydrogens is 144 g/mol. The normalized spacial score (nSPS) is 16.3. The molecule has 10 heavy (non-hydrogen) atoms. The van der Waals surface area contributed by atoms with Crippen LogP contribution in [-0.2, 0) is 9.22 Å². The molecule has 3 heteroatoms. The largest absolute Gasteiger partial charge is 0.415 e. The van der Waals surface area contributed by atoms with Crippen molar-refractivity contribution in [3.8, 4) is 0 Å². The molecule has 0 amide bonds. The van der Waals surface area contributed by atoms with Crippen molar-refractivity contribution in [1.29, 1.82) is 0 Å². The summed E-state index contributed by atoms with van der Waals surface area (Å²) in [7, 11) is 2.95. The third-order valence-corrected chi connectivity index (χ3v) is 1.83. The van der Waals surface area contributed by atoms with Crippen LogP contribution in [0.25, 0.3) is 0 Å². The van der Waals surface area contributed by atoms with Gasteiger partial charge in [0.15, 0.2) is 0 Å². The van der Waals surface area contributed by atoms with Gasteiger partial charge in [0, 0.05) is 5.92 Å². The molecule has 0 N–H and O–H groups in total. The summed E-state index contributed by atoms with van der Waals surface area (Å²) in [6.07, 6.45) is 2.90. The minimum absolute atomic E-state index is 0.0163. The predicted molar refractivity (Wildman–Crippen MR) is 40.8 cm³/mol.